The standard InChI is InChI=1S/C25H19FN2O5S/c1-3-13-33-24(32)22-14(2)27-25(34-22)28-19(15-7-5-4-6-8-15)18(21(30)23(28)31)20(29)16-9-11-17(26)12-10-16/h3-12,19,29H,1,13H2,2H3/t19-/m0/s1. The fourth-order valence-corrected chi connectivity index (χ4v) is 4.61. The Morgan fingerprint density at radius 2 is 1.88 bits per heavy atom. The van der Waals surface area contributed by atoms with E-state index in [1.807, 2.05) is 0 Å². The van der Waals surface area contributed by atoms with Gasteiger partial charge in [-0.3, -0.25) is 14.5 Å². The summed E-state index contributed by atoms with van der Waals surface area (Å²) in [6.07, 6.45) is 1.43. The van der Waals surface area contributed by atoms with Crippen LogP contribution < -0.4 is 4.90 Å². The Morgan fingerprint density at radius 3 is 2.53 bits per heavy atom. The van der Waals surface area contributed by atoms with Crippen LogP contribution in [0.4, 0.5) is 9.52 Å². The minimum atomic E-state index is -1.01. The Bertz CT molecular complexity index is 1310. The van der Waals surface area contributed by atoms with Crippen molar-refractivity contribution >= 4 is 39.9 Å². The van der Waals surface area contributed by atoms with Crippen LogP contribution in [0.15, 0.2) is 72.8 Å². The molecule has 9 heteroatoms. The number of ether oxygens (including phenoxy) is 1. The highest BCUT2D eigenvalue weighted by Crippen LogP contribution is 2.43. The van der Waals surface area contributed by atoms with E-state index in [0.717, 1.165) is 28.4 Å². The van der Waals surface area contributed by atoms with Gasteiger partial charge in [0.1, 0.15) is 23.1 Å². The van der Waals surface area contributed by atoms with Crippen molar-refractivity contribution in [1.82, 2.24) is 4.98 Å². The van der Waals surface area contributed by atoms with Crippen LogP contribution in [0, 0.1) is 12.7 Å². The third-order valence-corrected chi connectivity index (χ3v) is 6.32. The number of aliphatic hydroxyl groups is 1. The molecule has 1 aromatic heterocycles. The molecule has 4 rings (SSSR count). The number of anilines is 1. The van der Waals surface area contributed by atoms with E-state index in [1.165, 1.54) is 18.2 Å². The molecule has 0 radical (unpaired) electrons. The molecule has 1 aliphatic heterocycles. The molecular formula is C25H19FN2O5S. The fourth-order valence-electron chi connectivity index (χ4n) is 3.62. The zero-order valence-corrected chi connectivity index (χ0v) is 18.8. The van der Waals surface area contributed by atoms with E-state index >= 15 is 0 Å². The number of hydrogen-bond acceptors (Lipinski definition) is 7. The van der Waals surface area contributed by atoms with Gasteiger partial charge >= 0.3 is 11.9 Å². The predicted octanol–water partition coefficient (Wildman–Crippen LogP) is 4.56. The van der Waals surface area contributed by atoms with Gasteiger partial charge in [-0.05, 0) is 36.8 Å². The van der Waals surface area contributed by atoms with Gasteiger partial charge in [-0.2, -0.15) is 0 Å². The van der Waals surface area contributed by atoms with Gasteiger partial charge in [0.05, 0.1) is 17.3 Å². The SMILES string of the molecule is C=CCOC(=O)c1sc(N2C(=O)C(=O)C(=C(O)c3ccc(F)cc3)[C@@H]2c2ccccc2)nc1C. The molecule has 1 aliphatic rings. The molecule has 1 atom stereocenters. The third kappa shape index (κ3) is 4.13. The van der Waals surface area contributed by atoms with Crippen LogP contribution >= 0.6 is 11.3 Å². The maximum absolute atomic E-state index is 13.4. The molecule has 172 valence electrons. The Labute approximate surface area is 198 Å². The minimum Gasteiger partial charge on any atom is -0.507 e. The summed E-state index contributed by atoms with van der Waals surface area (Å²) in [6.45, 7) is 5.11. The summed E-state index contributed by atoms with van der Waals surface area (Å²) in [7, 11) is 0. The number of Topliss-reactive ketones (excluding diaryl/α,β-unsaturated/α-hetero) is 1. The van der Waals surface area contributed by atoms with Gasteiger partial charge in [-0.25, -0.2) is 14.2 Å². The number of hydrogen-bond donors (Lipinski definition) is 1. The average molecular weight is 479 g/mol. The van der Waals surface area contributed by atoms with Crippen LogP contribution in [-0.2, 0) is 14.3 Å². The van der Waals surface area contributed by atoms with Gasteiger partial charge in [0.25, 0.3) is 5.78 Å². The van der Waals surface area contributed by atoms with E-state index in [2.05, 4.69) is 11.6 Å². The smallest absolute Gasteiger partial charge is 0.350 e. The number of rotatable bonds is 6. The van der Waals surface area contributed by atoms with E-state index in [1.54, 1.807) is 37.3 Å². The molecule has 1 fully saturated rings. The Morgan fingerprint density at radius 1 is 1.21 bits per heavy atom. The number of aryl methyl sites for hydroxylation is 1. The number of benzene rings is 2. The summed E-state index contributed by atoms with van der Waals surface area (Å²) < 4.78 is 18.5. The average Bonchev–Trinajstić information content (AvgIpc) is 3.35. The maximum Gasteiger partial charge on any atom is 0.350 e. The summed E-state index contributed by atoms with van der Waals surface area (Å²) >= 11 is 0.910. The molecule has 1 saturated heterocycles. The molecule has 1 N–H and O–H groups in total. The van der Waals surface area contributed by atoms with Crippen LogP contribution in [-0.4, -0.2) is 34.4 Å². The summed E-state index contributed by atoms with van der Waals surface area (Å²) in [5.74, 6) is -3.39. The van der Waals surface area contributed by atoms with E-state index in [4.69, 9.17) is 4.74 Å². The van der Waals surface area contributed by atoms with Crippen LogP contribution in [0.1, 0.15) is 32.5 Å². The van der Waals surface area contributed by atoms with Crippen molar-refractivity contribution in [2.45, 2.75) is 13.0 Å². The highest BCUT2D eigenvalue weighted by Gasteiger charge is 2.48. The number of ketones is 1. The van der Waals surface area contributed by atoms with Gasteiger partial charge in [0, 0.05) is 5.56 Å². The van der Waals surface area contributed by atoms with E-state index in [-0.39, 0.29) is 27.8 Å². The third-order valence-electron chi connectivity index (χ3n) is 5.19. The number of nitrogens with zero attached hydrogens (tertiary/aromatic N) is 2. The number of thiazole rings is 1. The monoisotopic (exact) mass is 478 g/mol. The first kappa shape index (κ1) is 23.1. The lowest BCUT2D eigenvalue weighted by Gasteiger charge is -2.22. The van der Waals surface area contributed by atoms with Crippen molar-refractivity contribution in [2.24, 2.45) is 0 Å². The second-order valence-corrected chi connectivity index (χ2v) is 8.36. The highest BCUT2D eigenvalue weighted by atomic mass is 32.1. The number of amides is 1. The highest BCUT2D eigenvalue weighted by molar-refractivity contribution is 7.17. The van der Waals surface area contributed by atoms with Crippen molar-refractivity contribution in [3.8, 4) is 0 Å². The first-order valence-corrected chi connectivity index (χ1v) is 11.0. The maximum atomic E-state index is 13.4. The zero-order chi connectivity index (χ0) is 24.4. The van der Waals surface area contributed by atoms with E-state index in [9.17, 15) is 23.9 Å². The fraction of sp³-hybridized carbons (Fsp3) is 0.120. The molecule has 2 aromatic carbocycles. The molecule has 1 amide bonds. The van der Waals surface area contributed by atoms with Crippen LogP contribution in [0.3, 0.4) is 0 Å². The summed E-state index contributed by atoms with van der Waals surface area (Å²) in [5.41, 5.74) is 0.908. The lowest BCUT2D eigenvalue weighted by Crippen LogP contribution is -2.29. The van der Waals surface area contributed by atoms with Gasteiger partial charge < -0.3 is 9.84 Å². The van der Waals surface area contributed by atoms with Crippen molar-refractivity contribution in [3.05, 3.63) is 100 Å². The Kier molecular flexibility index (Phi) is 6.38. The predicted molar refractivity (Wildman–Crippen MR) is 125 cm³/mol. The number of aliphatic hydroxyl groups excluding tert-OH is 1. The van der Waals surface area contributed by atoms with E-state index < -0.39 is 35.3 Å². The molecule has 0 bridgehead atoms. The molecule has 2 heterocycles. The van der Waals surface area contributed by atoms with Crippen molar-refractivity contribution in [3.63, 3.8) is 0 Å². The zero-order valence-electron chi connectivity index (χ0n) is 18.0. The van der Waals surface area contributed by atoms with E-state index in [0.29, 0.717) is 11.3 Å². The van der Waals surface area contributed by atoms with Crippen LogP contribution in [0.2, 0.25) is 0 Å². The molecule has 3 aromatic rings. The normalized spacial score (nSPS) is 17.1. The van der Waals surface area contributed by atoms with Gasteiger partial charge in [-0.1, -0.05) is 54.3 Å². The molecule has 0 spiro atoms. The number of carbonyl (C=O) groups is 3. The number of esters is 1. The largest absolute Gasteiger partial charge is 0.507 e. The lowest BCUT2D eigenvalue weighted by atomic mass is 9.95. The summed E-state index contributed by atoms with van der Waals surface area (Å²) in [4.78, 5) is 44.4. The van der Waals surface area contributed by atoms with Crippen molar-refractivity contribution < 1.29 is 28.6 Å². The molecular weight excluding hydrogens is 459 g/mol. The Balaban J connectivity index is 1.86. The number of halogens is 1. The second-order valence-electron chi connectivity index (χ2n) is 7.38. The van der Waals surface area contributed by atoms with Crippen LogP contribution in [0.25, 0.3) is 5.76 Å². The lowest BCUT2D eigenvalue weighted by molar-refractivity contribution is -0.132. The molecule has 34 heavy (non-hydrogen) atoms. The van der Waals surface area contributed by atoms with Crippen molar-refractivity contribution in [1.29, 1.82) is 0 Å². The summed E-state index contributed by atoms with van der Waals surface area (Å²) in [5, 5.41) is 11.1. The molecule has 0 saturated carbocycles. The van der Waals surface area contributed by atoms with Gasteiger partial charge in [-0.15, -0.1) is 0 Å². The first-order chi connectivity index (χ1) is 16.3. The molecule has 0 aliphatic carbocycles. The topological polar surface area (TPSA) is 96.8 Å². The second kappa shape index (κ2) is 9.40. The van der Waals surface area contributed by atoms with Crippen LogP contribution in [0.5, 0.6) is 0 Å². The molecule has 7 nitrogen and oxygen atoms in total. The van der Waals surface area contributed by atoms with Gasteiger partial charge in [0.2, 0.25) is 0 Å². The number of carbonyl (C=O) groups excluding carboxylic acids is 3. The molecule has 0 unspecified atom stereocenters. The Hall–Kier alpha value is -4.11. The first-order valence-electron chi connectivity index (χ1n) is 10.2. The number of aromatic nitrogens is 1. The van der Waals surface area contributed by atoms with Gasteiger partial charge in [0.15, 0.2) is 5.13 Å². The summed E-state index contributed by atoms with van der Waals surface area (Å²) in [6, 6.07) is 12.6. The minimum absolute atomic E-state index is 0.0116. The quantitative estimate of drug-likeness (QED) is 0.183. The van der Waals surface area contributed by atoms with Crippen molar-refractivity contribution in [2.75, 3.05) is 11.5 Å².